The smallest absolute Gasteiger partial charge is 0.115 e. The van der Waals surface area contributed by atoms with Crippen LogP contribution in [0.1, 0.15) is 56.2 Å². The first-order valence-electron chi connectivity index (χ1n) is 16.5. The van der Waals surface area contributed by atoms with Gasteiger partial charge in [-0.1, -0.05) is 97.9 Å². The molecule has 3 fully saturated rings. The van der Waals surface area contributed by atoms with Crippen LogP contribution in [0, 0.1) is 5.92 Å². The summed E-state index contributed by atoms with van der Waals surface area (Å²) in [6, 6.07) is 30.7. The van der Waals surface area contributed by atoms with E-state index in [2.05, 4.69) is 43.3 Å². The number of fused-ring (bicyclic) bond motifs is 2. The first-order chi connectivity index (χ1) is 22.0. The summed E-state index contributed by atoms with van der Waals surface area (Å²) in [7, 11) is 0. The third-order valence-electron chi connectivity index (χ3n) is 9.72. The molecule has 0 saturated carbocycles. The molecule has 3 saturated heterocycles. The second-order valence-electron chi connectivity index (χ2n) is 13.0. The van der Waals surface area contributed by atoms with Gasteiger partial charge in [0.25, 0.3) is 0 Å². The van der Waals surface area contributed by atoms with Crippen LogP contribution < -0.4 is 0 Å². The molecular weight excluding hydrogens is 568 g/mol. The van der Waals surface area contributed by atoms with E-state index in [0.29, 0.717) is 32.8 Å². The molecule has 0 aliphatic carbocycles. The predicted molar refractivity (Wildman–Crippen MR) is 171 cm³/mol. The standard InChI is InChI=1S/C38H48O7/c1-27-31(20-21-40-23-28-12-6-3-7-13-28)43-34-22-33-32(44-37(34)36(27)42-25-30-16-10-5-11-17-30)18-19-35(38(2,26-39)45-33)41-24-29-14-8-4-9-15-29/h3-17,27,31-37,39H,18-26H2,1-2H3/t27-,31+,32-,33+,34-,35+,36+,37-,38-/m1/s1. The quantitative estimate of drug-likeness (QED) is 0.241. The molecule has 0 unspecified atom stereocenters. The minimum Gasteiger partial charge on any atom is -0.393 e. The van der Waals surface area contributed by atoms with Gasteiger partial charge in [-0.15, -0.1) is 0 Å². The van der Waals surface area contributed by atoms with Gasteiger partial charge in [-0.25, -0.2) is 0 Å². The number of aliphatic hydroxyl groups is 1. The van der Waals surface area contributed by atoms with E-state index in [1.165, 1.54) is 0 Å². The molecule has 0 radical (unpaired) electrons. The lowest BCUT2D eigenvalue weighted by Crippen LogP contribution is -2.62. The summed E-state index contributed by atoms with van der Waals surface area (Å²) < 4.78 is 39.6. The molecule has 3 aromatic carbocycles. The first kappa shape index (κ1) is 32.3. The molecule has 45 heavy (non-hydrogen) atoms. The highest BCUT2D eigenvalue weighted by Crippen LogP contribution is 2.43. The summed E-state index contributed by atoms with van der Waals surface area (Å²) in [6.07, 6.45) is 1.76. The van der Waals surface area contributed by atoms with Gasteiger partial charge in [0.1, 0.15) is 11.7 Å². The zero-order valence-electron chi connectivity index (χ0n) is 26.5. The minimum atomic E-state index is -0.847. The van der Waals surface area contributed by atoms with Crippen LogP contribution in [0.3, 0.4) is 0 Å². The molecule has 7 heteroatoms. The zero-order valence-corrected chi connectivity index (χ0v) is 26.5. The molecule has 1 N–H and O–H groups in total. The number of hydrogen-bond acceptors (Lipinski definition) is 7. The second kappa shape index (κ2) is 15.3. The fraction of sp³-hybridized carbons (Fsp3) is 0.526. The van der Waals surface area contributed by atoms with Gasteiger partial charge in [0.05, 0.1) is 63.1 Å². The molecule has 0 amide bonds. The minimum absolute atomic E-state index is 0.0418. The van der Waals surface area contributed by atoms with Gasteiger partial charge in [-0.05, 0) is 42.9 Å². The van der Waals surface area contributed by atoms with Crippen LogP contribution in [-0.4, -0.2) is 66.6 Å². The van der Waals surface area contributed by atoms with E-state index >= 15 is 0 Å². The van der Waals surface area contributed by atoms with E-state index in [4.69, 9.17) is 28.4 Å². The van der Waals surface area contributed by atoms with Crippen molar-refractivity contribution in [2.75, 3.05) is 13.2 Å². The Bertz CT molecular complexity index is 1290. The fourth-order valence-electron chi connectivity index (χ4n) is 7.07. The Morgan fingerprint density at radius 2 is 1.33 bits per heavy atom. The van der Waals surface area contributed by atoms with Crippen molar-refractivity contribution in [1.82, 2.24) is 0 Å². The van der Waals surface area contributed by atoms with Gasteiger partial charge >= 0.3 is 0 Å². The molecule has 3 aliphatic rings. The van der Waals surface area contributed by atoms with Crippen LogP contribution in [0.15, 0.2) is 91.0 Å². The van der Waals surface area contributed by atoms with Crippen LogP contribution >= 0.6 is 0 Å². The van der Waals surface area contributed by atoms with Crippen LogP contribution in [0.5, 0.6) is 0 Å². The number of rotatable bonds is 12. The maximum absolute atomic E-state index is 10.6. The first-order valence-corrected chi connectivity index (χ1v) is 16.5. The highest BCUT2D eigenvalue weighted by Gasteiger charge is 2.53. The van der Waals surface area contributed by atoms with E-state index in [1.54, 1.807) is 0 Å². The van der Waals surface area contributed by atoms with Crippen LogP contribution in [0.2, 0.25) is 0 Å². The van der Waals surface area contributed by atoms with Gasteiger partial charge in [0, 0.05) is 18.9 Å². The molecule has 3 aliphatic heterocycles. The van der Waals surface area contributed by atoms with Gasteiger partial charge in [-0.2, -0.15) is 0 Å². The van der Waals surface area contributed by atoms with E-state index in [1.807, 2.05) is 61.5 Å². The van der Waals surface area contributed by atoms with E-state index in [-0.39, 0.29) is 55.3 Å². The molecule has 3 aromatic rings. The lowest BCUT2D eigenvalue weighted by Gasteiger charge is -2.51. The SMILES string of the molecule is C[C@H]1[C@H](OCc2ccccc2)[C@@H]2O[C@@H]3CC[C@H](OCc4ccccc4)[C@@](C)(CO)O[C@H]3C[C@H]2O[C@H]1CCOCc1ccccc1. The average molecular weight is 617 g/mol. The molecule has 9 atom stereocenters. The largest absolute Gasteiger partial charge is 0.393 e. The van der Waals surface area contributed by atoms with Crippen molar-refractivity contribution in [3.63, 3.8) is 0 Å². The van der Waals surface area contributed by atoms with E-state index in [0.717, 1.165) is 36.0 Å². The van der Waals surface area contributed by atoms with Crippen molar-refractivity contribution in [2.45, 2.75) is 108 Å². The molecule has 7 nitrogen and oxygen atoms in total. The number of aliphatic hydroxyl groups excluding tert-OH is 1. The third-order valence-corrected chi connectivity index (χ3v) is 9.72. The Morgan fingerprint density at radius 1 is 0.733 bits per heavy atom. The summed E-state index contributed by atoms with van der Waals surface area (Å²) in [6.45, 7) is 6.20. The van der Waals surface area contributed by atoms with Crippen molar-refractivity contribution in [2.24, 2.45) is 5.92 Å². The Morgan fingerprint density at radius 3 is 1.96 bits per heavy atom. The number of benzene rings is 3. The van der Waals surface area contributed by atoms with Gasteiger partial charge in [0.15, 0.2) is 0 Å². The lowest BCUT2D eigenvalue weighted by atomic mass is 9.82. The summed E-state index contributed by atoms with van der Waals surface area (Å²) in [5, 5.41) is 10.6. The maximum Gasteiger partial charge on any atom is 0.115 e. The second-order valence-corrected chi connectivity index (χ2v) is 13.0. The van der Waals surface area contributed by atoms with Crippen LogP contribution in [0.25, 0.3) is 0 Å². The molecule has 0 aromatic heterocycles. The topological polar surface area (TPSA) is 75.6 Å². The van der Waals surface area contributed by atoms with Crippen molar-refractivity contribution in [3.05, 3.63) is 108 Å². The molecule has 6 rings (SSSR count). The fourth-order valence-corrected chi connectivity index (χ4v) is 7.07. The van der Waals surface area contributed by atoms with Gasteiger partial charge in [-0.3, -0.25) is 0 Å². The highest BCUT2D eigenvalue weighted by atomic mass is 16.6. The van der Waals surface area contributed by atoms with E-state index in [9.17, 15) is 5.11 Å². The predicted octanol–water partition coefficient (Wildman–Crippen LogP) is 6.26. The zero-order chi connectivity index (χ0) is 31.1. The molecular formula is C38H48O7. The Kier molecular flexibility index (Phi) is 11.0. The number of hydrogen-bond donors (Lipinski definition) is 1. The average Bonchev–Trinajstić information content (AvgIpc) is 3.21. The van der Waals surface area contributed by atoms with Gasteiger partial charge in [0.2, 0.25) is 0 Å². The third kappa shape index (κ3) is 8.03. The maximum atomic E-state index is 10.6. The molecule has 242 valence electrons. The molecule has 0 spiro atoms. The van der Waals surface area contributed by atoms with Crippen molar-refractivity contribution in [1.29, 1.82) is 0 Å². The van der Waals surface area contributed by atoms with Crippen molar-refractivity contribution >= 4 is 0 Å². The van der Waals surface area contributed by atoms with Crippen LogP contribution in [0.4, 0.5) is 0 Å². The van der Waals surface area contributed by atoms with Crippen LogP contribution in [-0.2, 0) is 48.2 Å². The van der Waals surface area contributed by atoms with Crippen molar-refractivity contribution < 1.29 is 33.5 Å². The summed E-state index contributed by atoms with van der Waals surface area (Å²) in [4.78, 5) is 0. The normalized spacial score (nSPS) is 33.1. The highest BCUT2D eigenvalue weighted by molar-refractivity contribution is 5.15. The molecule has 0 bridgehead atoms. The Hall–Kier alpha value is -2.62. The summed E-state index contributed by atoms with van der Waals surface area (Å²) in [5.41, 5.74) is 2.55. The number of ether oxygens (including phenoxy) is 6. The monoisotopic (exact) mass is 616 g/mol. The summed E-state index contributed by atoms with van der Waals surface area (Å²) >= 11 is 0. The lowest BCUT2D eigenvalue weighted by molar-refractivity contribution is -0.294. The summed E-state index contributed by atoms with van der Waals surface area (Å²) in [5.74, 6) is 0.114. The van der Waals surface area contributed by atoms with Crippen molar-refractivity contribution in [3.8, 4) is 0 Å². The Balaban J connectivity index is 1.14. The van der Waals surface area contributed by atoms with E-state index < -0.39 is 5.60 Å². The molecule has 3 heterocycles. The van der Waals surface area contributed by atoms with Gasteiger partial charge < -0.3 is 33.5 Å². The Labute approximate surface area is 267 Å².